The Morgan fingerprint density at radius 3 is 2.88 bits per heavy atom. The molecule has 1 aliphatic rings. The zero-order valence-corrected chi connectivity index (χ0v) is 14.4. The van der Waals surface area contributed by atoms with Gasteiger partial charge in [-0.15, -0.1) is 0 Å². The molecule has 2 aromatic rings. The molecule has 0 saturated heterocycles. The second-order valence-electron chi connectivity index (χ2n) is 6.19. The minimum Gasteiger partial charge on any atom is -0.494 e. The van der Waals surface area contributed by atoms with Gasteiger partial charge in [-0.05, 0) is 42.7 Å². The predicted molar refractivity (Wildman–Crippen MR) is 96.4 cm³/mol. The molecule has 0 unspecified atom stereocenters. The maximum absolute atomic E-state index is 13.5. The van der Waals surface area contributed by atoms with Crippen LogP contribution in [0, 0.1) is 5.82 Å². The van der Waals surface area contributed by atoms with Gasteiger partial charge in [-0.2, -0.15) is 0 Å². The van der Waals surface area contributed by atoms with E-state index in [1.165, 1.54) is 6.07 Å². The molecule has 136 valence electrons. The van der Waals surface area contributed by atoms with Gasteiger partial charge in [0.2, 0.25) is 11.8 Å². The van der Waals surface area contributed by atoms with E-state index in [2.05, 4.69) is 10.6 Å². The number of aryl methyl sites for hydroxylation is 1. The van der Waals surface area contributed by atoms with E-state index in [1.807, 2.05) is 18.2 Å². The normalized spacial score (nSPS) is 12.9. The van der Waals surface area contributed by atoms with Crippen molar-refractivity contribution >= 4 is 17.5 Å². The fraction of sp³-hybridized carbons (Fsp3) is 0.300. The van der Waals surface area contributed by atoms with E-state index < -0.39 is 0 Å². The molecule has 1 heterocycles. The second kappa shape index (κ2) is 8.47. The fourth-order valence-electron chi connectivity index (χ4n) is 2.80. The smallest absolute Gasteiger partial charge is 0.224 e. The Morgan fingerprint density at radius 2 is 2.04 bits per heavy atom. The monoisotopic (exact) mass is 356 g/mol. The van der Waals surface area contributed by atoms with Crippen molar-refractivity contribution in [2.24, 2.45) is 0 Å². The zero-order valence-electron chi connectivity index (χ0n) is 14.4. The number of carbonyl (C=O) groups excluding carboxylic acids is 2. The molecule has 2 amide bonds. The van der Waals surface area contributed by atoms with Crippen molar-refractivity contribution < 1.29 is 18.7 Å². The molecule has 0 spiro atoms. The van der Waals surface area contributed by atoms with E-state index in [4.69, 9.17) is 4.74 Å². The number of benzene rings is 2. The summed E-state index contributed by atoms with van der Waals surface area (Å²) in [5.41, 5.74) is 2.36. The number of rotatable bonds is 7. The summed E-state index contributed by atoms with van der Waals surface area (Å²) in [7, 11) is 0. The third-order valence-electron chi connectivity index (χ3n) is 4.22. The van der Waals surface area contributed by atoms with Gasteiger partial charge in [0, 0.05) is 30.6 Å². The van der Waals surface area contributed by atoms with Crippen LogP contribution in [0.3, 0.4) is 0 Å². The Balaban J connectivity index is 1.38. The topological polar surface area (TPSA) is 67.4 Å². The predicted octanol–water partition coefficient (Wildman–Crippen LogP) is 3.19. The first-order chi connectivity index (χ1) is 12.6. The third-order valence-corrected chi connectivity index (χ3v) is 4.22. The standard InChI is InChI=1S/C20H21FN2O3/c21-17-5-2-1-4-15(17)13-22-19(24)6-3-11-26-16-8-9-18-14(12-16)7-10-20(25)23-18/h1-2,4-5,8-9,12H,3,6-7,10-11,13H2,(H,22,24)(H,23,25). The molecule has 2 N–H and O–H groups in total. The molecule has 0 saturated carbocycles. The summed E-state index contributed by atoms with van der Waals surface area (Å²) < 4.78 is 19.2. The largest absolute Gasteiger partial charge is 0.494 e. The van der Waals surface area contributed by atoms with Gasteiger partial charge in [-0.1, -0.05) is 18.2 Å². The van der Waals surface area contributed by atoms with Crippen LogP contribution in [0.4, 0.5) is 10.1 Å². The van der Waals surface area contributed by atoms with Crippen molar-refractivity contribution in [2.45, 2.75) is 32.2 Å². The Kier molecular flexibility index (Phi) is 5.84. The molecule has 0 radical (unpaired) electrons. The molecule has 26 heavy (non-hydrogen) atoms. The highest BCUT2D eigenvalue weighted by molar-refractivity contribution is 5.94. The van der Waals surface area contributed by atoms with Crippen molar-refractivity contribution in [3.63, 3.8) is 0 Å². The molecular weight excluding hydrogens is 335 g/mol. The van der Waals surface area contributed by atoms with E-state index >= 15 is 0 Å². The van der Waals surface area contributed by atoms with Crippen LogP contribution in [0.25, 0.3) is 0 Å². The van der Waals surface area contributed by atoms with E-state index in [0.717, 1.165) is 17.0 Å². The number of amides is 2. The lowest BCUT2D eigenvalue weighted by Gasteiger charge is -2.17. The van der Waals surface area contributed by atoms with Crippen LogP contribution in [0.2, 0.25) is 0 Å². The number of hydrogen-bond donors (Lipinski definition) is 2. The number of nitrogens with one attached hydrogen (secondary N) is 2. The summed E-state index contributed by atoms with van der Waals surface area (Å²) in [4.78, 5) is 23.2. The van der Waals surface area contributed by atoms with Crippen LogP contribution in [-0.4, -0.2) is 18.4 Å². The van der Waals surface area contributed by atoms with Crippen LogP contribution in [0.5, 0.6) is 5.75 Å². The Labute approximate surface area is 151 Å². The zero-order chi connectivity index (χ0) is 18.4. The number of fused-ring (bicyclic) bond motifs is 1. The van der Waals surface area contributed by atoms with Gasteiger partial charge in [-0.3, -0.25) is 9.59 Å². The van der Waals surface area contributed by atoms with Crippen molar-refractivity contribution in [2.75, 3.05) is 11.9 Å². The van der Waals surface area contributed by atoms with E-state index in [-0.39, 0.29) is 24.2 Å². The molecular formula is C20H21FN2O3. The average Bonchev–Trinajstić information content (AvgIpc) is 2.64. The number of halogens is 1. The minimum atomic E-state index is -0.320. The quantitative estimate of drug-likeness (QED) is 0.749. The van der Waals surface area contributed by atoms with Crippen LogP contribution in [0.15, 0.2) is 42.5 Å². The van der Waals surface area contributed by atoms with Gasteiger partial charge in [0.25, 0.3) is 0 Å². The number of carbonyl (C=O) groups is 2. The maximum atomic E-state index is 13.5. The Hall–Kier alpha value is -2.89. The third kappa shape index (κ3) is 4.81. The minimum absolute atomic E-state index is 0.0348. The summed E-state index contributed by atoms with van der Waals surface area (Å²) in [6.45, 7) is 0.598. The molecule has 2 aromatic carbocycles. The summed E-state index contributed by atoms with van der Waals surface area (Å²) >= 11 is 0. The van der Waals surface area contributed by atoms with Gasteiger partial charge in [0.1, 0.15) is 11.6 Å². The lowest BCUT2D eigenvalue weighted by Crippen LogP contribution is -2.23. The molecule has 6 heteroatoms. The molecule has 3 rings (SSSR count). The van der Waals surface area contributed by atoms with Crippen molar-refractivity contribution in [1.29, 1.82) is 0 Å². The highest BCUT2D eigenvalue weighted by atomic mass is 19.1. The average molecular weight is 356 g/mol. The highest BCUT2D eigenvalue weighted by Gasteiger charge is 2.15. The summed E-state index contributed by atoms with van der Waals surface area (Å²) in [6.07, 6.45) is 2.07. The number of ether oxygens (including phenoxy) is 1. The number of hydrogen-bond acceptors (Lipinski definition) is 3. The molecule has 0 aliphatic carbocycles. The van der Waals surface area contributed by atoms with Crippen molar-refractivity contribution in [1.82, 2.24) is 5.32 Å². The molecule has 0 atom stereocenters. The van der Waals surface area contributed by atoms with Gasteiger partial charge in [0.05, 0.1) is 6.61 Å². The first kappa shape index (κ1) is 17.9. The summed E-state index contributed by atoms with van der Waals surface area (Å²) in [5, 5.41) is 5.54. The van der Waals surface area contributed by atoms with Crippen LogP contribution >= 0.6 is 0 Å². The fourth-order valence-corrected chi connectivity index (χ4v) is 2.80. The van der Waals surface area contributed by atoms with E-state index in [1.54, 1.807) is 18.2 Å². The Morgan fingerprint density at radius 1 is 1.19 bits per heavy atom. The lowest BCUT2D eigenvalue weighted by atomic mass is 10.0. The van der Waals surface area contributed by atoms with Gasteiger partial charge < -0.3 is 15.4 Å². The van der Waals surface area contributed by atoms with Crippen molar-refractivity contribution in [3.05, 3.63) is 59.4 Å². The lowest BCUT2D eigenvalue weighted by molar-refractivity contribution is -0.121. The molecule has 0 aromatic heterocycles. The Bertz CT molecular complexity index is 807. The highest BCUT2D eigenvalue weighted by Crippen LogP contribution is 2.26. The molecule has 0 fully saturated rings. The first-order valence-electron chi connectivity index (χ1n) is 8.67. The maximum Gasteiger partial charge on any atom is 0.224 e. The molecule has 0 bridgehead atoms. The van der Waals surface area contributed by atoms with Gasteiger partial charge in [0.15, 0.2) is 0 Å². The second-order valence-corrected chi connectivity index (χ2v) is 6.19. The SMILES string of the molecule is O=C(CCCOc1ccc2c(c1)CCC(=O)N2)NCc1ccccc1F. The summed E-state index contributed by atoms with van der Waals surface area (Å²) in [6, 6.07) is 11.9. The number of anilines is 1. The van der Waals surface area contributed by atoms with Crippen molar-refractivity contribution in [3.8, 4) is 5.75 Å². The van der Waals surface area contributed by atoms with Crippen LogP contribution < -0.4 is 15.4 Å². The molecule has 1 aliphatic heterocycles. The van der Waals surface area contributed by atoms with Crippen LogP contribution in [0.1, 0.15) is 30.4 Å². The molecule has 5 nitrogen and oxygen atoms in total. The summed E-state index contributed by atoms with van der Waals surface area (Å²) in [5.74, 6) is 0.309. The van der Waals surface area contributed by atoms with E-state index in [9.17, 15) is 14.0 Å². The van der Waals surface area contributed by atoms with Crippen LogP contribution in [-0.2, 0) is 22.6 Å². The van der Waals surface area contributed by atoms with Gasteiger partial charge >= 0.3 is 0 Å². The van der Waals surface area contributed by atoms with E-state index in [0.29, 0.717) is 37.9 Å². The van der Waals surface area contributed by atoms with Gasteiger partial charge in [-0.25, -0.2) is 4.39 Å². The first-order valence-corrected chi connectivity index (χ1v) is 8.67.